The first-order valence-electron chi connectivity index (χ1n) is 5.90. The molecule has 0 saturated heterocycles. The molecule has 0 aliphatic heterocycles. The third kappa shape index (κ3) is 2.50. The Kier molecular flexibility index (Phi) is 3.72. The van der Waals surface area contributed by atoms with Crippen molar-refractivity contribution in [3.05, 3.63) is 28.8 Å². The molecule has 1 saturated carbocycles. The number of nitrogens with two attached hydrogens (primary N) is 1. The maximum atomic E-state index is 5.97. The molecular weight excluding hydrogens is 220 g/mol. The van der Waals surface area contributed by atoms with E-state index in [1.54, 1.807) is 0 Å². The minimum absolute atomic E-state index is 0.547. The molecule has 1 aliphatic carbocycles. The van der Waals surface area contributed by atoms with Crippen LogP contribution in [-0.4, -0.2) is 13.6 Å². The standard InChI is InChI=1S/C13H19ClN2/c1-16(9-10-3-2-4-10)13-6-5-12(14)7-11(13)8-15/h5-7,10H,2-4,8-9,15H2,1H3. The molecule has 16 heavy (non-hydrogen) atoms. The first-order valence-corrected chi connectivity index (χ1v) is 6.28. The molecular formula is C13H19ClN2. The molecule has 2 N–H and O–H groups in total. The summed E-state index contributed by atoms with van der Waals surface area (Å²) in [6.07, 6.45) is 4.13. The number of halogens is 1. The van der Waals surface area contributed by atoms with Crippen LogP contribution in [0.2, 0.25) is 5.02 Å². The summed E-state index contributed by atoms with van der Waals surface area (Å²) in [6, 6.07) is 5.98. The van der Waals surface area contributed by atoms with E-state index in [2.05, 4.69) is 18.0 Å². The SMILES string of the molecule is CN(CC1CCC1)c1ccc(Cl)cc1CN. The van der Waals surface area contributed by atoms with Gasteiger partial charge in [0.1, 0.15) is 0 Å². The topological polar surface area (TPSA) is 29.3 Å². The van der Waals surface area contributed by atoms with Crippen molar-refractivity contribution in [1.29, 1.82) is 0 Å². The van der Waals surface area contributed by atoms with E-state index in [-0.39, 0.29) is 0 Å². The first kappa shape index (κ1) is 11.7. The van der Waals surface area contributed by atoms with Crippen LogP contribution in [0, 0.1) is 5.92 Å². The molecule has 1 aromatic rings. The number of nitrogens with zero attached hydrogens (tertiary/aromatic N) is 1. The average Bonchev–Trinajstić information content (AvgIpc) is 2.23. The normalized spacial score (nSPS) is 15.9. The molecule has 88 valence electrons. The fourth-order valence-corrected chi connectivity index (χ4v) is 2.45. The molecule has 1 fully saturated rings. The second-order valence-corrected chi connectivity index (χ2v) is 5.09. The number of hydrogen-bond donors (Lipinski definition) is 1. The average molecular weight is 239 g/mol. The van der Waals surface area contributed by atoms with Crippen molar-refractivity contribution in [1.82, 2.24) is 0 Å². The highest BCUT2D eigenvalue weighted by Gasteiger charge is 2.20. The molecule has 0 radical (unpaired) electrons. The summed E-state index contributed by atoms with van der Waals surface area (Å²) >= 11 is 5.97. The summed E-state index contributed by atoms with van der Waals surface area (Å²) in [4.78, 5) is 2.31. The predicted octanol–water partition coefficient (Wildman–Crippen LogP) is 3.04. The molecule has 2 rings (SSSR count). The number of anilines is 1. The van der Waals surface area contributed by atoms with Crippen LogP contribution in [0.25, 0.3) is 0 Å². The van der Waals surface area contributed by atoms with Crippen LogP contribution in [0.5, 0.6) is 0 Å². The lowest BCUT2D eigenvalue weighted by Gasteiger charge is -2.32. The molecule has 0 unspecified atom stereocenters. The fraction of sp³-hybridized carbons (Fsp3) is 0.538. The zero-order valence-electron chi connectivity index (χ0n) is 9.75. The van der Waals surface area contributed by atoms with E-state index in [0.29, 0.717) is 6.54 Å². The summed E-state index contributed by atoms with van der Waals surface area (Å²) in [5.74, 6) is 0.867. The highest BCUT2D eigenvalue weighted by Crippen LogP contribution is 2.30. The summed E-state index contributed by atoms with van der Waals surface area (Å²) in [7, 11) is 2.14. The Morgan fingerprint density at radius 2 is 2.19 bits per heavy atom. The van der Waals surface area contributed by atoms with Crippen LogP contribution in [0.3, 0.4) is 0 Å². The van der Waals surface area contributed by atoms with E-state index in [1.165, 1.54) is 24.9 Å². The van der Waals surface area contributed by atoms with Crippen molar-refractivity contribution in [2.24, 2.45) is 11.7 Å². The molecule has 3 heteroatoms. The summed E-state index contributed by atoms with van der Waals surface area (Å²) in [6.45, 7) is 1.68. The Labute approximate surface area is 102 Å². The number of rotatable bonds is 4. The van der Waals surface area contributed by atoms with Crippen LogP contribution in [0.15, 0.2) is 18.2 Å². The smallest absolute Gasteiger partial charge is 0.0410 e. The van der Waals surface area contributed by atoms with Gasteiger partial charge in [-0.2, -0.15) is 0 Å². The third-order valence-corrected chi connectivity index (χ3v) is 3.66. The van der Waals surface area contributed by atoms with Crippen molar-refractivity contribution >= 4 is 17.3 Å². The van der Waals surface area contributed by atoms with Gasteiger partial charge in [-0.1, -0.05) is 18.0 Å². The largest absolute Gasteiger partial charge is 0.374 e. The minimum atomic E-state index is 0.547. The zero-order chi connectivity index (χ0) is 11.5. The van der Waals surface area contributed by atoms with Crippen LogP contribution < -0.4 is 10.6 Å². The van der Waals surface area contributed by atoms with Crippen LogP contribution in [0.4, 0.5) is 5.69 Å². The number of hydrogen-bond acceptors (Lipinski definition) is 2. The van der Waals surface area contributed by atoms with Gasteiger partial charge in [-0.15, -0.1) is 0 Å². The second-order valence-electron chi connectivity index (χ2n) is 4.65. The first-order chi connectivity index (χ1) is 7.70. The molecule has 1 aromatic carbocycles. The minimum Gasteiger partial charge on any atom is -0.374 e. The van der Waals surface area contributed by atoms with Crippen molar-refractivity contribution in [3.8, 4) is 0 Å². The lowest BCUT2D eigenvalue weighted by Crippen LogP contribution is -2.30. The van der Waals surface area contributed by atoms with Crippen molar-refractivity contribution in [2.45, 2.75) is 25.8 Å². The highest BCUT2D eigenvalue weighted by atomic mass is 35.5. The molecule has 0 spiro atoms. The van der Waals surface area contributed by atoms with Crippen LogP contribution in [-0.2, 0) is 6.54 Å². The quantitative estimate of drug-likeness (QED) is 0.874. The molecule has 1 aliphatic rings. The number of benzene rings is 1. The maximum absolute atomic E-state index is 5.97. The summed E-state index contributed by atoms with van der Waals surface area (Å²) in [5, 5.41) is 0.765. The van der Waals surface area contributed by atoms with Crippen molar-refractivity contribution < 1.29 is 0 Å². The molecule has 2 nitrogen and oxygen atoms in total. The van der Waals surface area contributed by atoms with E-state index in [0.717, 1.165) is 23.0 Å². The van der Waals surface area contributed by atoms with Crippen LogP contribution >= 0.6 is 11.6 Å². The van der Waals surface area contributed by atoms with E-state index >= 15 is 0 Å². The zero-order valence-corrected chi connectivity index (χ0v) is 10.5. The maximum Gasteiger partial charge on any atom is 0.0410 e. The van der Waals surface area contributed by atoms with Gasteiger partial charge in [-0.25, -0.2) is 0 Å². The summed E-state index contributed by atoms with van der Waals surface area (Å²) < 4.78 is 0. The van der Waals surface area contributed by atoms with Gasteiger partial charge in [0.05, 0.1) is 0 Å². The molecule has 0 atom stereocenters. The van der Waals surface area contributed by atoms with Gasteiger partial charge in [-0.3, -0.25) is 0 Å². The second kappa shape index (κ2) is 5.07. The molecule has 0 aromatic heterocycles. The van der Waals surface area contributed by atoms with Gasteiger partial charge in [0.25, 0.3) is 0 Å². The van der Waals surface area contributed by atoms with E-state index in [1.807, 2.05) is 12.1 Å². The van der Waals surface area contributed by atoms with Gasteiger partial charge < -0.3 is 10.6 Å². The van der Waals surface area contributed by atoms with E-state index in [9.17, 15) is 0 Å². The van der Waals surface area contributed by atoms with Crippen molar-refractivity contribution in [3.63, 3.8) is 0 Å². The Bertz CT molecular complexity index is 361. The van der Waals surface area contributed by atoms with Gasteiger partial charge in [-0.05, 0) is 42.5 Å². The molecule has 0 bridgehead atoms. The van der Waals surface area contributed by atoms with Crippen molar-refractivity contribution in [2.75, 3.05) is 18.5 Å². The lowest BCUT2D eigenvalue weighted by atomic mass is 9.85. The van der Waals surface area contributed by atoms with E-state index in [4.69, 9.17) is 17.3 Å². The Morgan fingerprint density at radius 1 is 1.44 bits per heavy atom. The van der Waals surface area contributed by atoms with Gasteiger partial charge in [0, 0.05) is 30.8 Å². The van der Waals surface area contributed by atoms with Gasteiger partial charge in [0.15, 0.2) is 0 Å². The summed E-state index contributed by atoms with van der Waals surface area (Å²) in [5.41, 5.74) is 8.10. The lowest BCUT2D eigenvalue weighted by molar-refractivity contribution is 0.321. The Balaban J connectivity index is 2.11. The fourth-order valence-electron chi connectivity index (χ4n) is 2.25. The predicted molar refractivity (Wildman–Crippen MR) is 70.0 cm³/mol. The van der Waals surface area contributed by atoms with E-state index < -0.39 is 0 Å². The van der Waals surface area contributed by atoms with Gasteiger partial charge in [0.2, 0.25) is 0 Å². The third-order valence-electron chi connectivity index (χ3n) is 3.43. The van der Waals surface area contributed by atoms with Gasteiger partial charge >= 0.3 is 0 Å². The Morgan fingerprint density at radius 3 is 2.75 bits per heavy atom. The highest BCUT2D eigenvalue weighted by molar-refractivity contribution is 6.30. The van der Waals surface area contributed by atoms with Crippen LogP contribution in [0.1, 0.15) is 24.8 Å². The monoisotopic (exact) mass is 238 g/mol. The Hall–Kier alpha value is -0.730. The molecule has 0 amide bonds. The molecule has 0 heterocycles.